The van der Waals surface area contributed by atoms with Gasteiger partial charge in [-0.25, -0.2) is 0 Å². The molecule has 0 saturated heterocycles. The van der Waals surface area contributed by atoms with Crippen molar-refractivity contribution in [1.82, 2.24) is 0 Å². The number of hydrogen-bond donors (Lipinski definition) is 1. The maximum atomic E-state index is 11.0. The van der Waals surface area contributed by atoms with Gasteiger partial charge in [-0.05, 0) is 23.8 Å². The molecule has 0 aromatic heterocycles. The third-order valence-corrected chi connectivity index (χ3v) is 3.44. The molecule has 10 heteroatoms. The molecule has 0 radical (unpaired) electrons. The van der Waals surface area contributed by atoms with E-state index in [4.69, 9.17) is 9.47 Å². The van der Waals surface area contributed by atoms with Crippen molar-refractivity contribution in [3.63, 3.8) is 0 Å². The van der Waals surface area contributed by atoms with E-state index in [9.17, 15) is 20.2 Å². The Kier molecular flexibility index (Phi) is 6.04. The van der Waals surface area contributed by atoms with Crippen LogP contribution in [0.3, 0.4) is 0 Å². The minimum Gasteiger partial charge on any atom is -0.493 e. The predicted octanol–water partition coefficient (Wildman–Crippen LogP) is 3.16. The van der Waals surface area contributed by atoms with Crippen LogP contribution in [0.25, 0.3) is 0 Å². The highest BCUT2D eigenvalue weighted by Crippen LogP contribution is 2.29. The van der Waals surface area contributed by atoms with E-state index in [1.807, 2.05) is 6.07 Å². The quantitative estimate of drug-likeness (QED) is 0.435. The van der Waals surface area contributed by atoms with Crippen molar-refractivity contribution < 1.29 is 19.3 Å². The fraction of sp³-hybridized carbons (Fsp3) is 0.188. The summed E-state index contributed by atoms with van der Waals surface area (Å²) in [6, 6.07) is 8.67. The lowest BCUT2D eigenvalue weighted by Crippen LogP contribution is -1.99. The Balaban J connectivity index is 2.09. The number of rotatable bonds is 8. The second kappa shape index (κ2) is 8.42. The molecule has 26 heavy (non-hydrogen) atoms. The van der Waals surface area contributed by atoms with Crippen LogP contribution in [0.4, 0.5) is 17.1 Å². The molecule has 2 aromatic carbocycles. The topological polar surface area (TPSA) is 129 Å². The molecule has 10 nitrogen and oxygen atoms in total. The summed E-state index contributed by atoms with van der Waals surface area (Å²) >= 11 is 0. The summed E-state index contributed by atoms with van der Waals surface area (Å²) in [5.41, 5.74) is 2.69. The number of ether oxygens (including phenoxy) is 2. The van der Waals surface area contributed by atoms with Crippen LogP contribution in [0, 0.1) is 20.2 Å². The van der Waals surface area contributed by atoms with Crippen LogP contribution in [-0.2, 0) is 6.42 Å². The van der Waals surface area contributed by atoms with E-state index in [0.717, 1.165) is 11.6 Å². The summed E-state index contributed by atoms with van der Waals surface area (Å²) in [6.45, 7) is 0. The Hall–Kier alpha value is -3.69. The summed E-state index contributed by atoms with van der Waals surface area (Å²) in [5.74, 6) is 1.19. The monoisotopic (exact) mass is 360 g/mol. The Morgan fingerprint density at radius 2 is 1.77 bits per heavy atom. The number of nitrogens with zero attached hydrogens (tertiary/aromatic N) is 3. The van der Waals surface area contributed by atoms with Crippen LogP contribution in [0.1, 0.15) is 5.56 Å². The fourth-order valence-electron chi connectivity index (χ4n) is 2.15. The summed E-state index contributed by atoms with van der Waals surface area (Å²) in [4.78, 5) is 20.4. The van der Waals surface area contributed by atoms with Gasteiger partial charge in [-0.15, -0.1) is 0 Å². The minimum absolute atomic E-state index is 0.0594. The first-order valence-electron chi connectivity index (χ1n) is 7.37. The van der Waals surface area contributed by atoms with Gasteiger partial charge in [-0.2, -0.15) is 5.10 Å². The van der Waals surface area contributed by atoms with Gasteiger partial charge in [0.05, 0.1) is 30.1 Å². The molecule has 0 unspecified atom stereocenters. The molecule has 0 spiro atoms. The lowest BCUT2D eigenvalue weighted by molar-refractivity contribution is -0.393. The third kappa shape index (κ3) is 4.44. The first kappa shape index (κ1) is 18.6. The van der Waals surface area contributed by atoms with E-state index >= 15 is 0 Å². The number of hydrogen-bond acceptors (Lipinski definition) is 8. The molecule has 0 heterocycles. The zero-order valence-corrected chi connectivity index (χ0v) is 14.0. The van der Waals surface area contributed by atoms with Crippen LogP contribution in [0.2, 0.25) is 0 Å². The predicted molar refractivity (Wildman–Crippen MR) is 95.1 cm³/mol. The van der Waals surface area contributed by atoms with Gasteiger partial charge < -0.3 is 9.47 Å². The summed E-state index contributed by atoms with van der Waals surface area (Å²) in [7, 11) is 3.07. The van der Waals surface area contributed by atoms with Crippen molar-refractivity contribution >= 4 is 23.3 Å². The smallest absolute Gasteiger partial charge is 0.301 e. The minimum atomic E-state index is -0.709. The van der Waals surface area contributed by atoms with Gasteiger partial charge in [-0.1, -0.05) is 6.07 Å². The van der Waals surface area contributed by atoms with Gasteiger partial charge >= 0.3 is 5.69 Å². The van der Waals surface area contributed by atoms with E-state index in [2.05, 4.69) is 10.5 Å². The molecule has 0 fully saturated rings. The van der Waals surface area contributed by atoms with E-state index in [0.29, 0.717) is 17.9 Å². The van der Waals surface area contributed by atoms with Crippen molar-refractivity contribution in [2.24, 2.45) is 5.10 Å². The van der Waals surface area contributed by atoms with Gasteiger partial charge in [0.25, 0.3) is 5.69 Å². The number of hydrazone groups is 1. The van der Waals surface area contributed by atoms with Crippen LogP contribution in [-0.4, -0.2) is 30.3 Å². The molecule has 0 atom stereocenters. The number of methoxy groups -OCH3 is 2. The van der Waals surface area contributed by atoms with E-state index in [1.165, 1.54) is 25.5 Å². The van der Waals surface area contributed by atoms with Crippen molar-refractivity contribution in [2.75, 3.05) is 19.6 Å². The number of nitrogens with one attached hydrogen (secondary N) is 1. The Labute approximate surface area is 148 Å². The maximum Gasteiger partial charge on any atom is 0.301 e. The van der Waals surface area contributed by atoms with E-state index in [-0.39, 0.29) is 11.4 Å². The first-order valence-corrected chi connectivity index (χ1v) is 7.37. The molecular formula is C16H16N4O6. The maximum absolute atomic E-state index is 11.0. The Morgan fingerprint density at radius 3 is 2.38 bits per heavy atom. The zero-order chi connectivity index (χ0) is 19.1. The number of anilines is 1. The second-order valence-electron chi connectivity index (χ2n) is 5.03. The normalized spacial score (nSPS) is 10.5. The number of nitro benzene ring substituents is 2. The SMILES string of the molecule is COc1ccc(CC=NNc2ccc([N+](=O)[O-])cc2[N+](=O)[O-])cc1OC. The van der Waals surface area contributed by atoms with Gasteiger partial charge in [-0.3, -0.25) is 25.7 Å². The van der Waals surface area contributed by atoms with Crippen LogP contribution in [0.15, 0.2) is 41.5 Å². The zero-order valence-electron chi connectivity index (χ0n) is 14.0. The summed E-state index contributed by atoms with van der Waals surface area (Å²) < 4.78 is 10.4. The van der Waals surface area contributed by atoms with Crippen LogP contribution in [0.5, 0.6) is 11.5 Å². The molecule has 0 saturated carbocycles. The first-order chi connectivity index (χ1) is 12.5. The Bertz CT molecular complexity index is 853. The highest BCUT2D eigenvalue weighted by Gasteiger charge is 2.19. The molecule has 2 aromatic rings. The van der Waals surface area contributed by atoms with Crippen LogP contribution >= 0.6 is 0 Å². The lowest BCUT2D eigenvalue weighted by Gasteiger charge is -2.08. The molecule has 1 N–H and O–H groups in total. The lowest BCUT2D eigenvalue weighted by atomic mass is 10.1. The molecule has 0 aliphatic heterocycles. The molecule has 2 rings (SSSR count). The van der Waals surface area contributed by atoms with Gasteiger partial charge in [0.15, 0.2) is 11.5 Å². The van der Waals surface area contributed by atoms with E-state index in [1.54, 1.807) is 19.2 Å². The average molecular weight is 360 g/mol. The standard InChI is InChI=1S/C16H16N4O6/c1-25-15-6-3-11(9-16(15)26-2)7-8-17-18-13-5-4-12(19(21)22)10-14(13)20(23)24/h3-6,8-10,18H,7H2,1-2H3. The Morgan fingerprint density at radius 1 is 1.04 bits per heavy atom. The van der Waals surface area contributed by atoms with Crippen molar-refractivity contribution in [2.45, 2.75) is 6.42 Å². The largest absolute Gasteiger partial charge is 0.493 e. The van der Waals surface area contributed by atoms with Crippen LogP contribution < -0.4 is 14.9 Å². The molecule has 0 aliphatic carbocycles. The van der Waals surface area contributed by atoms with E-state index < -0.39 is 15.5 Å². The van der Waals surface area contributed by atoms with Crippen molar-refractivity contribution in [1.29, 1.82) is 0 Å². The number of non-ortho nitro benzene ring substituents is 1. The molecule has 0 bridgehead atoms. The fourth-order valence-corrected chi connectivity index (χ4v) is 2.15. The molecule has 0 aliphatic rings. The molecule has 0 amide bonds. The van der Waals surface area contributed by atoms with Gasteiger partial charge in [0.2, 0.25) is 0 Å². The molecule has 136 valence electrons. The highest BCUT2D eigenvalue weighted by atomic mass is 16.6. The average Bonchev–Trinajstić information content (AvgIpc) is 2.64. The van der Waals surface area contributed by atoms with Gasteiger partial charge in [0, 0.05) is 18.7 Å². The molecular weight excluding hydrogens is 344 g/mol. The van der Waals surface area contributed by atoms with Gasteiger partial charge in [0.1, 0.15) is 5.69 Å². The highest BCUT2D eigenvalue weighted by molar-refractivity contribution is 5.68. The van der Waals surface area contributed by atoms with Crippen molar-refractivity contribution in [3.05, 3.63) is 62.2 Å². The summed E-state index contributed by atoms with van der Waals surface area (Å²) in [6.07, 6.45) is 1.96. The summed E-state index contributed by atoms with van der Waals surface area (Å²) in [5, 5.41) is 25.7. The number of nitro groups is 2. The second-order valence-corrected chi connectivity index (χ2v) is 5.03. The van der Waals surface area contributed by atoms with Crippen molar-refractivity contribution in [3.8, 4) is 11.5 Å². The number of benzene rings is 2. The third-order valence-electron chi connectivity index (χ3n) is 3.44.